The summed E-state index contributed by atoms with van der Waals surface area (Å²) in [7, 11) is 0. The fourth-order valence-electron chi connectivity index (χ4n) is 2.98. The van der Waals surface area contributed by atoms with E-state index in [0.717, 1.165) is 22.6 Å². The molecule has 1 N–H and O–H groups in total. The van der Waals surface area contributed by atoms with Crippen molar-refractivity contribution in [3.8, 4) is 6.07 Å². The van der Waals surface area contributed by atoms with Gasteiger partial charge in [0.05, 0.1) is 22.6 Å². The van der Waals surface area contributed by atoms with E-state index in [1.165, 1.54) is 11.8 Å². The van der Waals surface area contributed by atoms with Crippen molar-refractivity contribution in [2.24, 2.45) is 0 Å². The molecule has 0 radical (unpaired) electrons. The summed E-state index contributed by atoms with van der Waals surface area (Å²) in [5, 5.41) is 11.4. The number of hydrogen-bond donors (Lipinski definition) is 1. The van der Waals surface area contributed by atoms with E-state index in [2.05, 4.69) is 11.4 Å². The number of carbonyl (C=O) groups excluding carboxylic acids is 2. The van der Waals surface area contributed by atoms with Gasteiger partial charge in [-0.25, -0.2) is 0 Å². The van der Waals surface area contributed by atoms with Gasteiger partial charge >= 0.3 is 0 Å². The number of amides is 2. The van der Waals surface area contributed by atoms with Crippen LogP contribution in [0.25, 0.3) is 0 Å². The van der Waals surface area contributed by atoms with Crippen LogP contribution in [0.3, 0.4) is 0 Å². The summed E-state index contributed by atoms with van der Waals surface area (Å²) >= 11 is 1.44. The Bertz CT molecular complexity index is 874. The van der Waals surface area contributed by atoms with E-state index in [1.807, 2.05) is 43.3 Å². The molecule has 0 saturated heterocycles. The molecule has 2 aromatic rings. The molecule has 5 nitrogen and oxygen atoms in total. The van der Waals surface area contributed by atoms with Gasteiger partial charge in [-0.15, -0.1) is 11.8 Å². The van der Waals surface area contributed by atoms with Gasteiger partial charge in [0.2, 0.25) is 11.8 Å². The first kappa shape index (κ1) is 19.0. The Morgan fingerprint density at radius 1 is 1.22 bits per heavy atom. The number of fused-ring (bicyclic) bond motifs is 1. The topological polar surface area (TPSA) is 73.2 Å². The quantitative estimate of drug-likeness (QED) is 0.828. The number of para-hydroxylation sites is 1. The number of nitrogens with one attached hydrogen (secondary N) is 1. The fraction of sp³-hybridized carbons (Fsp3) is 0.286. The van der Waals surface area contributed by atoms with E-state index in [1.54, 1.807) is 17.0 Å². The van der Waals surface area contributed by atoms with E-state index < -0.39 is 5.25 Å². The SMILES string of the molecule is CCCN(Cc1ccc(C#N)cc1)C(=O)CC1Sc2ccccc2NC1=O. The van der Waals surface area contributed by atoms with Gasteiger partial charge < -0.3 is 10.2 Å². The largest absolute Gasteiger partial charge is 0.338 e. The van der Waals surface area contributed by atoms with Crippen molar-refractivity contribution in [1.29, 1.82) is 5.26 Å². The predicted molar refractivity (Wildman–Crippen MR) is 106 cm³/mol. The van der Waals surface area contributed by atoms with Crippen molar-refractivity contribution in [2.45, 2.75) is 36.5 Å². The normalized spacial score (nSPS) is 15.4. The van der Waals surface area contributed by atoms with Crippen LogP contribution >= 0.6 is 11.8 Å². The maximum atomic E-state index is 12.9. The number of carbonyl (C=O) groups is 2. The lowest BCUT2D eigenvalue weighted by Crippen LogP contribution is -2.37. The van der Waals surface area contributed by atoms with Crippen LogP contribution in [0.4, 0.5) is 5.69 Å². The molecule has 1 atom stereocenters. The Kier molecular flexibility index (Phi) is 6.15. The molecule has 0 aromatic heterocycles. The molecule has 0 spiro atoms. The van der Waals surface area contributed by atoms with Crippen LogP contribution in [0.1, 0.15) is 30.9 Å². The predicted octanol–water partition coefficient (Wildman–Crippen LogP) is 3.80. The molecule has 0 fully saturated rings. The van der Waals surface area contributed by atoms with Crippen LogP contribution in [0, 0.1) is 11.3 Å². The van der Waals surface area contributed by atoms with E-state index in [4.69, 9.17) is 5.26 Å². The minimum atomic E-state index is -0.423. The Hall–Kier alpha value is -2.78. The van der Waals surface area contributed by atoms with Crippen LogP contribution in [0.15, 0.2) is 53.4 Å². The minimum Gasteiger partial charge on any atom is -0.338 e. The van der Waals surface area contributed by atoms with Crippen molar-refractivity contribution in [3.05, 3.63) is 59.7 Å². The van der Waals surface area contributed by atoms with E-state index >= 15 is 0 Å². The second-order valence-electron chi connectivity index (χ2n) is 6.42. The molecule has 6 heteroatoms. The first-order valence-electron chi connectivity index (χ1n) is 8.94. The fourth-order valence-corrected chi connectivity index (χ4v) is 4.08. The smallest absolute Gasteiger partial charge is 0.238 e. The van der Waals surface area contributed by atoms with Gasteiger partial charge in [0.25, 0.3) is 0 Å². The van der Waals surface area contributed by atoms with Gasteiger partial charge in [0.15, 0.2) is 0 Å². The molecule has 2 aromatic carbocycles. The van der Waals surface area contributed by atoms with E-state index in [0.29, 0.717) is 18.7 Å². The molecular formula is C21H21N3O2S. The Labute approximate surface area is 163 Å². The minimum absolute atomic E-state index is 0.0340. The molecule has 138 valence electrons. The molecule has 2 amide bonds. The lowest BCUT2D eigenvalue weighted by molar-refractivity contribution is -0.133. The monoisotopic (exact) mass is 379 g/mol. The van der Waals surface area contributed by atoms with E-state index in [-0.39, 0.29) is 18.2 Å². The van der Waals surface area contributed by atoms with Crippen LogP contribution in [-0.2, 0) is 16.1 Å². The number of benzene rings is 2. The molecule has 27 heavy (non-hydrogen) atoms. The standard InChI is InChI=1S/C21H21N3O2S/c1-2-11-24(14-16-9-7-15(13-22)8-10-16)20(25)12-19-21(26)23-17-5-3-4-6-18(17)27-19/h3-10,19H,2,11-12,14H2,1H3,(H,23,26). The third kappa shape index (κ3) is 4.69. The zero-order chi connectivity index (χ0) is 19.2. The highest BCUT2D eigenvalue weighted by atomic mass is 32.2. The van der Waals surface area contributed by atoms with Crippen molar-refractivity contribution in [3.63, 3.8) is 0 Å². The number of hydrogen-bond acceptors (Lipinski definition) is 4. The van der Waals surface area contributed by atoms with Gasteiger partial charge in [-0.3, -0.25) is 9.59 Å². The molecule has 1 aliphatic heterocycles. The van der Waals surface area contributed by atoms with E-state index in [9.17, 15) is 9.59 Å². The van der Waals surface area contributed by atoms with Crippen LogP contribution in [0.2, 0.25) is 0 Å². The highest BCUT2D eigenvalue weighted by Crippen LogP contribution is 2.36. The first-order chi connectivity index (χ1) is 13.1. The molecule has 1 heterocycles. The number of thioether (sulfide) groups is 1. The van der Waals surface area contributed by atoms with Gasteiger partial charge in [-0.05, 0) is 36.2 Å². The van der Waals surface area contributed by atoms with Crippen molar-refractivity contribution >= 4 is 29.3 Å². The third-order valence-electron chi connectivity index (χ3n) is 4.37. The van der Waals surface area contributed by atoms with Crippen LogP contribution in [0.5, 0.6) is 0 Å². The summed E-state index contributed by atoms with van der Waals surface area (Å²) in [5.41, 5.74) is 2.38. The number of nitriles is 1. The van der Waals surface area contributed by atoms with Crippen molar-refractivity contribution < 1.29 is 9.59 Å². The third-order valence-corrected chi connectivity index (χ3v) is 5.64. The number of anilines is 1. The van der Waals surface area contributed by atoms with Crippen LogP contribution < -0.4 is 5.32 Å². The van der Waals surface area contributed by atoms with Gasteiger partial charge in [-0.2, -0.15) is 5.26 Å². The average Bonchev–Trinajstić information content (AvgIpc) is 2.68. The lowest BCUT2D eigenvalue weighted by Gasteiger charge is -2.27. The molecule has 0 saturated carbocycles. The summed E-state index contributed by atoms with van der Waals surface area (Å²) in [6, 6.07) is 17.0. The highest BCUT2D eigenvalue weighted by molar-refractivity contribution is 8.01. The van der Waals surface area contributed by atoms with Crippen molar-refractivity contribution in [1.82, 2.24) is 4.90 Å². The number of rotatable bonds is 6. The zero-order valence-electron chi connectivity index (χ0n) is 15.1. The molecular weight excluding hydrogens is 358 g/mol. The Morgan fingerprint density at radius 3 is 2.67 bits per heavy atom. The maximum Gasteiger partial charge on any atom is 0.238 e. The molecule has 1 aliphatic rings. The maximum absolute atomic E-state index is 12.9. The highest BCUT2D eigenvalue weighted by Gasteiger charge is 2.30. The zero-order valence-corrected chi connectivity index (χ0v) is 16.0. The Balaban J connectivity index is 1.68. The summed E-state index contributed by atoms with van der Waals surface area (Å²) in [6.07, 6.45) is 1.01. The molecule has 0 aliphatic carbocycles. The molecule has 3 rings (SSSR count). The summed E-state index contributed by atoms with van der Waals surface area (Å²) in [5.74, 6) is -0.157. The number of nitrogens with zero attached hydrogens (tertiary/aromatic N) is 2. The summed E-state index contributed by atoms with van der Waals surface area (Å²) in [6.45, 7) is 3.14. The lowest BCUT2D eigenvalue weighted by atomic mass is 10.1. The summed E-state index contributed by atoms with van der Waals surface area (Å²) in [4.78, 5) is 28.0. The molecule has 1 unspecified atom stereocenters. The summed E-state index contributed by atoms with van der Waals surface area (Å²) < 4.78 is 0. The van der Waals surface area contributed by atoms with Gasteiger partial charge in [0, 0.05) is 24.4 Å². The van der Waals surface area contributed by atoms with Crippen LogP contribution in [-0.4, -0.2) is 28.5 Å². The average molecular weight is 379 g/mol. The second-order valence-corrected chi connectivity index (χ2v) is 7.66. The van der Waals surface area contributed by atoms with Gasteiger partial charge in [-0.1, -0.05) is 31.2 Å². The first-order valence-corrected chi connectivity index (χ1v) is 9.82. The molecule has 0 bridgehead atoms. The van der Waals surface area contributed by atoms with Crippen molar-refractivity contribution in [2.75, 3.05) is 11.9 Å². The van der Waals surface area contributed by atoms with Gasteiger partial charge in [0.1, 0.15) is 0 Å². The second kappa shape index (κ2) is 8.74. The Morgan fingerprint density at radius 2 is 1.96 bits per heavy atom.